The summed E-state index contributed by atoms with van der Waals surface area (Å²) < 4.78 is 0.584. The van der Waals surface area contributed by atoms with E-state index in [9.17, 15) is 29.7 Å². The van der Waals surface area contributed by atoms with E-state index in [0.717, 1.165) is 25.8 Å². The monoisotopic (exact) mass is 624 g/mol. The lowest BCUT2D eigenvalue weighted by molar-refractivity contribution is -0.929. The average molecular weight is 624 g/mol. The lowest BCUT2D eigenvalue weighted by atomic mass is 10.0. The van der Waals surface area contributed by atoms with E-state index in [4.69, 9.17) is 0 Å². The van der Waals surface area contributed by atoms with Gasteiger partial charge in [0.2, 0.25) is 0 Å². The van der Waals surface area contributed by atoms with Gasteiger partial charge in [0.15, 0.2) is 0 Å². The second-order valence-corrected chi connectivity index (χ2v) is 13.7. The van der Waals surface area contributed by atoms with Crippen LogP contribution in [0, 0.1) is 17.8 Å². The average Bonchev–Trinajstić information content (AvgIpc) is 2.99. The van der Waals surface area contributed by atoms with E-state index in [2.05, 4.69) is 19.1 Å². The van der Waals surface area contributed by atoms with E-state index in [1.807, 2.05) is 0 Å². The maximum Gasteiger partial charge on any atom is 0.306 e. The molecule has 0 spiro atoms. The minimum atomic E-state index is -1.07. The topological polar surface area (TPSA) is 115 Å². The molecule has 258 valence electrons. The predicted octanol–water partition coefficient (Wildman–Crippen LogP) is 8.40. The summed E-state index contributed by atoms with van der Waals surface area (Å²) in [6.07, 6.45) is 29.1. The molecule has 7 heteroatoms. The summed E-state index contributed by atoms with van der Waals surface area (Å²) in [5.41, 5.74) is 0. The van der Waals surface area contributed by atoms with Crippen molar-refractivity contribution in [1.82, 2.24) is 0 Å². The highest BCUT2D eigenvalue weighted by Gasteiger charge is 2.30. The molecule has 3 unspecified atom stereocenters. The standard InChI is InChI=1S/C37H69NO6/c1-5-6-7-8-9-10-11-12-13-14-15-16-17-18-19-20-21-22-23-24-28-38(29-25-32(2)35(39)40,30-26-33(3)36(41)42)31-27-34(4)37(43)44/h13-14,32-34H,5-12,15-31H2,1-4H3,(H2-,39,40,41,42,43,44)/b14-13+. The molecule has 0 heterocycles. The normalized spacial score (nSPS) is 15.2. The fraction of sp³-hybridized carbons (Fsp3) is 0.865. The van der Waals surface area contributed by atoms with Crippen molar-refractivity contribution in [2.24, 2.45) is 17.8 Å². The molecule has 0 aliphatic rings. The van der Waals surface area contributed by atoms with Crippen molar-refractivity contribution in [3.63, 3.8) is 0 Å². The molecule has 0 bridgehead atoms. The number of rotatable bonds is 32. The number of carbonyl (C=O) groups excluding carboxylic acids is 1. The summed E-state index contributed by atoms with van der Waals surface area (Å²) in [5, 5.41) is 30.3. The maximum absolute atomic E-state index is 11.5. The zero-order valence-electron chi connectivity index (χ0n) is 29.0. The van der Waals surface area contributed by atoms with Crippen molar-refractivity contribution in [2.75, 3.05) is 26.2 Å². The second-order valence-electron chi connectivity index (χ2n) is 13.7. The Balaban J connectivity index is 4.41. The van der Waals surface area contributed by atoms with Crippen molar-refractivity contribution >= 4 is 17.9 Å². The molecule has 0 amide bonds. The van der Waals surface area contributed by atoms with Crippen LogP contribution in [0.15, 0.2) is 12.2 Å². The number of aliphatic carboxylic acids is 3. The van der Waals surface area contributed by atoms with Crippen LogP contribution in [0.4, 0.5) is 0 Å². The Hall–Kier alpha value is -1.89. The number of unbranched alkanes of at least 4 members (excludes halogenated alkanes) is 16. The number of carbonyl (C=O) groups is 3. The van der Waals surface area contributed by atoms with Gasteiger partial charge in [0.1, 0.15) is 0 Å². The van der Waals surface area contributed by atoms with E-state index in [-0.39, 0.29) is 0 Å². The highest BCUT2D eigenvalue weighted by Crippen LogP contribution is 2.22. The first-order valence-electron chi connectivity index (χ1n) is 18.2. The molecule has 0 aliphatic carbocycles. The van der Waals surface area contributed by atoms with Crippen LogP contribution < -0.4 is 5.11 Å². The summed E-state index contributed by atoms with van der Waals surface area (Å²) in [6, 6.07) is 0. The van der Waals surface area contributed by atoms with Crippen LogP contribution in [0.3, 0.4) is 0 Å². The summed E-state index contributed by atoms with van der Waals surface area (Å²) in [6.45, 7) is 9.99. The number of allylic oxidation sites excluding steroid dienone is 2. The molecule has 2 N–H and O–H groups in total. The van der Waals surface area contributed by atoms with E-state index in [0.29, 0.717) is 43.4 Å². The smallest absolute Gasteiger partial charge is 0.306 e. The van der Waals surface area contributed by atoms with Gasteiger partial charge in [0.25, 0.3) is 0 Å². The molecule has 0 rings (SSSR count). The largest absolute Gasteiger partial charge is 0.550 e. The van der Waals surface area contributed by atoms with E-state index >= 15 is 0 Å². The fourth-order valence-electron chi connectivity index (χ4n) is 5.84. The third-order valence-electron chi connectivity index (χ3n) is 9.50. The van der Waals surface area contributed by atoms with Crippen molar-refractivity contribution in [3.05, 3.63) is 12.2 Å². The number of carboxylic acid groups (broad SMARTS) is 3. The number of hydrogen-bond donors (Lipinski definition) is 2. The summed E-state index contributed by atoms with van der Waals surface area (Å²) in [7, 11) is 0. The first-order chi connectivity index (χ1) is 21.0. The third-order valence-corrected chi connectivity index (χ3v) is 9.50. The summed E-state index contributed by atoms with van der Waals surface area (Å²) in [5.74, 6) is -4.31. The van der Waals surface area contributed by atoms with E-state index < -0.39 is 35.7 Å². The molecule has 0 saturated heterocycles. The highest BCUT2D eigenvalue weighted by atomic mass is 16.4. The zero-order valence-corrected chi connectivity index (χ0v) is 29.0. The number of hydrogen-bond acceptors (Lipinski definition) is 4. The lowest BCUT2D eigenvalue weighted by Gasteiger charge is -2.41. The van der Waals surface area contributed by atoms with Crippen LogP contribution in [0.2, 0.25) is 0 Å². The van der Waals surface area contributed by atoms with Gasteiger partial charge in [0, 0.05) is 31.1 Å². The van der Waals surface area contributed by atoms with Gasteiger partial charge in [-0.2, -0.15) is 0 Å². The van der Waals surface area contributed by atoms with Gasteiger partial charge in [-0.05, 0) is 38.5 Å². The van der Waals surface area contributed by atoms with Crippen LogP contribution >= 0.6 is 0 Å². The van der Waals surface area contributed by atoms with Crippen molar-refractivity contribution in [3.8, 4) is 0 Å². The molecular formula is C37H69NO6. The molecule has 0 radical (unpaired) electrons. The number of nitrogens with zero attached hydrogens (tertiary/aromatic N) is 1. The molecular weight excluding hydrogens is 554 g/mol. The van der Waals surface area contributed by atoms with Crippen LogP contribution in [0.5, 0.6) is 0 Å². The molecule has 3 atom stereocenters. The van der Waals surface area contributed by atoms with Gasteiger partial charge in [-0.1, -0.05) is 117 Å². The Kier molecular flexibility index (Phi) is 26.2. The van der Waals surface area contributed by atoms with Gasteiger partial charge < -0.3 is 24.6 Å². The first-order valence-corrected chi connectivity index (χ1v) is 18.2. The van der Waals surface area contributed by atoms with Crippen molar-refractivity contribution < 1.29 is 34.2 Å². The molecule has 0 aliphatic heterocycles. The minimum Gasteiger partial charge on any atom is -0.550 e. The Bertz CT molecular complexity index is 707. The molecule has 0 fully saturated rings. The van der Waals surface area contributed by atoms with Gasteiger partial charge in [-0.25, -0.2) is 0 Å². The van der Waals surface area contributed by atoms with Crippen LogP contribution in [0.25, 0.3) is 0 Å². The summed E-state index contributed by atoms with van der Waals surface area (Å²) in [4.78, 5) is 34.4. The Morgan fingerprint density at radius 1 is 0.545 bits per heavy atom. The quantitative estimate of drug-likeness (QED) is 0.0442. The molecule has 44 heavy (non-hydrogen) atoms. The Morgan fingerprint density at radius 2 is 0.886 bits per heavy atom. The second kappa shape index (κ2) is 27.4. The van der Waals surface area contributed by atoms with Gasteiger partial charge >= 0.3 is 11.9 Å². The maximum atomic E-state index is 11.5. The van der Waals surface area contributed by atoms with Crippen molar-refractivity contribution in [2.45, 2.75) is 163 Å². The molecule has 7 nitrogen and oxygen atoms in total. The minimum absolute atomic E-state index is 0.445. The predicted molar refractivity (Wildman–Crippen MR) is 179 cm³/mol. The van der Waals surface area contributed by atoms with Crippen LogP contribution in [-0.2, 0) is 14.4 Å². The third kappa shape index (κ3) is 23.5. The lowest BCUT2D eigenvalue weighted by Crippen LogP contribution is -2.52. The van der Waals surface area contributed by atoms with Crippen LogP contribution in [0.1, 0.15) is 163 Å². The zero-order chi connectivity index (χ0) is 33.1. The number of carboxylic acids is 3. The molecule has 0 aromatic heterocycles. The Morgan fingerprint density at radius 3 is 1.25 bits per heavy atom. The van der Waals surface area contributed by atoms with Crippen molar-refractivity contribution in [1.29, 1.82) is 0 Å². The van der Waals surface area contributed by atoms with Crippen LogP contribution in [-0.4, -0.2) is 58.8 Å². The van der Waals surface area contributed by atoms with E-state index in [1.165, 1.54) is 96.3 Å². The summed E-state index contributed by atoms with van der Waals surface area (Å²) >= 11 is 0. The Labute approximate surface area is 270 Å². The van der Waals surface area contributed by atoms with Gasteiger partial charge in [-0.3, -0.25) is 9.59 Å². The molecule has 0 saturated carbocycles. The highest BCUT2D eigenvalue weighted by molar-refractivity contribution is 5.69. The van der Waals surface area contributed by atoms with Gasteiger partial charge in [0.05, 0.1) is 38.0 Å². The molecule has 0 aromatic carbocycles. The number of quaternary nitrogens is 1. The SMILES string of the molecule is CCCCCCCCC/C=C/CCCCCCCCCCC[N+](CCC(C)C(=O)[O-])(CCC(C)C(=O)O)CCC(C)C(=O)O. The van der Waals surface area contributed by atoms with E-state index in [1.54, 1.807) is 20.8 Å². The van der Waals surface area contributed by atoms with Gasteiger partial charge in [-0.15, -0.1) is 0 Å². The first kappa shape index (κ1) is 42.1. The fourth-order valence-corrected chi connectivity index (χ4v) is 5.84. The molecule has 0 aromatic rings.